The summed E-state index contributed by atoms with van der Waals surface area (Å²) in [6.45, 7) is -0.228. The molecule has 0 saturated carbocycles. The molecule has 8 heteroatoms. The Balaban J connectivity index is 2.70. The van der Waals surface area contributed by atoms with Crippen molar-refractivity contribution in [1.29, 1.82) is 0 Å². The van der Waals surface area contributed by atoms with E-state index in [9.17, 15) is 21.6 Å². The summed E-state index contributed by atoms with van der Waals surface area (Å²) in [4.78, 5) is 0. The molecule has 1 fully saturated rings. The molecule has 4 nitrogen and oxygen atoms in total. The molecule has 1 aliphatic rings. The van der Waals surface area contributed by atoms with Crippen molar-refractivity contribution >= 4 is 10.0 Å². The van der Waals surface area contributed by atoms with Crippen LogP contribution in [0.2, 0.25) is 0 Å². The first kappa shape index (κ1) is 11.7. The zero-order chi connectivity index (χ0) is 11.0. The third kappa shape index (κ3) is 3.10. The largest absolute Gasteiger partial charge is 0.394 e. The van der Waals surface area contributed by atoms with Gasteiger partial charge in [-0.05, 0) is 0 Å². The average Bonchev–Trinajstić information content (AvgIpc) is 2.29. The summed E-state index contributed by atoms with van der Waals surface area (Å²) in [5.74, 6) is -1.64. The minimum Gasteiger partial charge on any atom is -0.314 e. The molecule has 1 saturated heterocycles. The van der Waals surface area contributed by atoms with Crippen LogP contribution in [-0.2, 0) is 10.0 Å². The second kappa shape index (κ2) is 3.67. The number of nitrogens with one attached hydrogen (secondary N) is 2. The van der Waals surface area contributed by atoms with Crippen LogP contribution in [0, 0.1) is 5.92 Å². The fraction of sp³-hybridized carbons (Fsp3) is 1.00. The summed E-state index contributed by atoms with van der Waals surface area (Å²) >= 11 is 0. The Kier molecular flexibility index (Phi) is 3.07. The zero-order valence-electron chi connectivity index (χ0n) is 7.43. The predicted molar refractivity (Wildman–Crippen MR) is 44.2 cm³/mol. The first-order valence-electron chi connectivity index (χ1n) is 3.95. The topological polar surface area (TPSA) is 58.2 Å². The van der Waals surface area contributed by atoms with Gasteiger partial charge >= 0.3 is 6.18 Å². The molecule has 1 heterocycles. The van der Waals surface area contributed by atoms with Crippen molar-refractivity contribution in [2.45, 2.75) is 12.2 Å². The highest BCUT2D eigenvalue weighted by molar-refractivity contribution is 7.88. The molecule has 0 aromatic rings. The van der Waals surface area contributed by atoms with Gasteiger partial charge in [0.2, 0.25) is 10.0 Å². The summed E-state index contributed by atoms with van der Waals surface area (Å²) < 4.78 is 60.4. The van der Waals surface area contributed by atoms with E-state index in [1.807, 2.05) is 4.72 Å². The van der Waals surface area contributed by atoms with Crippen molar-refractivity contribution in [3.8, 4) is 0 Å². The van der Waals surface area contributed by atoms with Gasteiger partial charge in [0, 0.05) is 19.1 Å². The van der Waals surface area contributed by atoms with Crippen LogP contribution in [0.15, 0.2) is 0 Å². The third-order valence-corrected chi connectivity index (χ3v) is 2.73. The second-order valence-corrected chi connectivity index (χ2v) is 5.08. The summed E-state index contributed by atoms with van der Waals surface area (Å²) in [7, 11) is -3.59. The molecule has 14 heavy (non-hydrogen) atoms. The normalized spacial score (nSPS) is 29.4. The minimum absolute atomic E-state index is 0.0112. The van der Waals surface area contributed by atoms with Crippen molar-refractivity contribution in [2.75, 3.05) is 19.3 Å². The van der Waals surface area contributed by atoms with Gasteiger partial charge in [-0.1, -0.05) is 0 Å². The van der Waals surface area contributed by atoms with Gasteiger partial charge in [-0.2, -0.15) is 13.2 Å². The molecule has 0 bridgehead atoms. The lowest BCUT2D eigenvalue weighted by molar-refractivity contribution is -0.172. The van der Waals surface area contributed by atoms with Crippen LogP contribution in [0.1, 0.15) is 0 Å². The van der Waals surface area contributed by atoms with Crippen LogP contribution in [0.3, 0.4) is 0 Å². The maximum atomic E-state index is 12.3. The van der Waals surface area contributed by atoms with E-state index in [-0.39, 0.29) is 13.1 Å². The lowest BCUT2D eigenvalue weighted by atomic mass is 10.0. The molecule has 1 rings (SSSR count). The van der Waals surface area contributed by atoms with Gasteiger partial charge < -0.3 is 5.32 Å². The van der Waals surface area contributed by atoms with E-state index in [2.05, 4.69) is 5.32 Å². The molecule has 2 unspecified atom stereocenters. The van der Waals surface area contributed by atoms with Crippen molar-refractivity contribution in [1.82, 2.24) is 10.0 Å². The molecule has 2 N–H and O–H groups in total. The molecular formula is C6H11F3N2O2S. The van der Waals surface area contributed by atoms with E-state index in [1.165, 1.54) is 0 Å². The lowest BCUT2D eigenvalue weighted by Gasteiger charge is -2.21. The molecule has 0 radical (unpaired) electrons. The van der Waals surface area contributed by atoms with Crippen LogP contribution < -0.4 is 10.0 Å². The SMILES string of the molecule is CS(=O)(=O)NC1CNCC1C(F)(F)F. The molecular weight excluding hydrogens is 221 g/mol. The first-order valence-corrected chi connectivity index (χ1v) is 5.84. The summed E-state index contributed by atoms with van der Waals surface area (Å²) in [6.07, 6.45) is -3.52. The average molecular weight is 232 g/mol. The second-order valence-electron chi connectivity index (χ2n) is 3.30. The molecule has 84 valence electrons. The Labute approximate surface area is 79.9 Å². The fourth-order valence-corrected chi connectivity index (χ4v) is 2.22. The van der Waals surface area contributed by atoms with E-state index in [0.29, 0.717) is 0 Å². The van der Waals surface area contributed by atoms with Gasteiger partial charge in [0.25, 0.3) is 0 Å². The van der Waals surface area contributed by atoms with E-state index in [0.717, 1.165) is 6.26 Å². The first-order chi connectivity index (χ1) is 6.20. The lowest BCUT2D eigenvalue weighted by Crippen LogP contribution is -2.44. The van der Waals surface area contributed by atoms with Gasteiger partial charge in [-0.25, -0.2) is 13.1 Å². The van der Waals surface area contributed by atoms with Crippen molar-refractivity contribution < 1.29 is 21.6 Å². The predicted octanol–water partition coefficient (Wildman–Crippen LogP) is -0.314. The van der Waals surface area contributed by atoms with Gasteiger partial charge in [0.05, 0.1) is 12.2 Å². The van der Waals surface area contributed by atoms with Gasteiger partial charge in [-0.3, -0.25) is 0 Å². The van der Waals surface area contributed by atoms with E-state index < -0.39 is 28.2 Å². The number of sulfonamides is 1. The number of rotatable bonds is 2. The standard InChI is InChI=1S/C6H11F3N2O2S/c1-14(12,13)11-5-3-10-2-4(5)6(7,8)9/h4-5,10-11H,2-3H2,1H3. The maximum Gasteiger partial charge on any atom is 0.394 e. The Bertz CT molecular complexity index is 301. The Morgan fingerprint density at radius 1 is 1.36 bits per heavy atom. The van der Waals surface area contributed by atoms with E-state index in [4.69, 9.17) is 0 Å². The molecule has 1 aliphatic heterocycles. The van der Waals surface area contributed by atoms with E-state index in [1.54, 1.807) is 0 Å². The van der Waals surface area contributed by atoms with Crippen LogP contribution in [0.5, 0.6) is 0 Å². The third-order valence-electron chi connectivity index (χ3n) is 2.00. The van der Waals surface area contributed by atoms with Crippen LogP contribution in [0.25, 0.3) is 0 Å². The molecule has 0 spiro atoms. The smallest absolute Gasteiger partial charge is 0.314 e. The van der Waals surface area contributed by atoms with Gasteiger partial charge in [-0.15, -0.1) is 0 Å². The van der Waals surface area contributed by atoms with Crippen molar-refractivity contribution in [3.63, 3.8) is 0 Å². The number of alkyl halides is 3. The van der Waals surface area contributed by atoms with Crippen LogP contribution in [-0.4, -0.2) is 40.0 Å². The summed E-state index contributed by atoms with van der Waals surface area (Å²) in [5, 5.41) is 2.50. The molecule has 0 amide bonds. The highest BCUT2D eigenvalue weighted by atomic mass is 32.2. The fourth-order valence-electron chi connectivity index (χ4n) is 1.42. The maximum absolute atomic E-state index is 12.3. The summed E-state index contributed by atoms with van der Waals surface area (Å²) in [6, 6.07) is -1.09. The van der Waals surface area contributed by atoms with E-state index >= 15 is 0 Å². The molecule has 0 aromatic carbocycles. The van der Waals surface area contributed by atoms with Crippen LogP contribution >= 0.6 is 0 Å². The number of hydrogen-bond acceptors (Lipinski definition) is 3. The Morgan fingerprint density at radius 2 is 1.93 bits per heavy atom. The number of halogens is 3. The number of hydrogen-bond donors (Lipinski definition) is 2. The van der Waals surface area contributed by atoms with Crippen LogP contribution in [0.4, 0.5) is 13.2 Å². The monoisotopic (exact) mass is 232 g/mol. The molecule has 0 aliphatic carbocycles. The Hall–Kier alpha value is -0.340. The quantitative estimate of drug-likeness (QED) is 0.686. The zero-order valence-corrected chi connectivity index (χ0v) is 8.24. The van der Waals surface area contributed by atoms with Gasteiger partial charge in [0.1, 0.15) is 0 Å². The summed E-state index contributed by atoms with van der Waals surface area (Å²) in [5.41, 5.74) is 0. The Morgan fingerprint density at radius 3 is 2.36 bits per heavy atom. The van der Waals surface area contributed by atoms with Gasteiger partial charge in [0.15, 0.2) is 0 Å². The van der Waals surface area contributed by atoms with Crippen molar-refractivity contribution in [2.24, 2.45) is 5.92 Å². The highest BCUT2D eigenvalue weighted by Crippen LogP contribution is 2.30. The molecule has 2 atom stereocenters. The minimum atomic E-state index is -4.37. The molecule has 0 aromatic heterocycles. The highest BCUT2D eigenvalue weighted by Gasteiger charge is 2.47. The van der Waals surface area contributed by atoms with Crippen molar-refractivity contribution in [3.05, 3.63) is 0 Å².